The number of nitrogens with one attached hydrogen (secondary N) is 1. The normalized spacial score (nSPS) is 16.1. The number of carbonyl (C=O) groups is 1. The number of rotatable bonds is 4. The van der Waals surface area contributed by atoms with Crippen molar-refractivity contribution in [1.82, 2.24) is 19.7 Å². The highest BCUT2D eigenvalue weighted by molar-refractivity contribution is 6.04. The van der Waals surface area contributed by atoms with E-state index in [9.17, 15) is 18.0 Å². The van der Waals surface area contributed by atoms with Gasteiger partial charge in [0.05, 0.1) is 23.6 Å². The summed E-state index contributed by atoms with van der Waals surface area (Å²) in [6.45, 7) is 1.17. The largest absolute Gasteiger partial charge is 0.416 e. The number of carbonyl (C=O) groups excluding carboxylic acids is 1. The Morgan fingerprint density at radius 2 is 1.94 bits per heavy atom. The average molecular weight is 468 g/mol. The minimum absolute atomic E-state index is 0.0385. The monoisotopic (exact) mass is 468 g/mol. The first-order valence-electron chi connectivity index (χ1n) is 10.5. The minimum Gasteiger partial charge on any atom is -0.383 e. The zero-order chi connectivity index (χ0) is 23.9. The van der Waals surface area contributed by atoms with E-state index in [1.807, 2.05) is 0 Å². The molecule has 1 atom stereocenters. The number of ether oxygens (including phenoxy) is 1. The van der Waals surface area contributed by atoms with E-state index in [0.717, 1.165) is 24.1 Å². The Balaban J connectivity index is 1.42. The number of benzene rings is 2. The molecule has 4 aromatic rings. The van der Waals surface area contributed by atoms with Crippen LogP contribution in [-0.4, -0.2) is 38.9 Å². The molecular formula is C23H19F3N6O2. The topological polar surface area (TPSA) is 108 Å². The summed E-state index contributed by atoms with van der Waals surface area (Å²) in [5.74, 6) is -0.348. The summed E-state index contributed by atoms with van der Waals surface area (Å²) in [7, 11) is 0. The molecule has 3 N–H and O–H groups in total. The van der Waals surface area contributed by atoms with Crippen molar-refractivity contribution in [1.29, 1.82) is 0 Å². The Hall–Kier alpha value is -3.99. The van der Waals surface area contributed by atoms with Crippen molar-refractivity contribution in [2.24, 2.45) is 0 Å². The lowest BCUT2D eigenvalue weighted by Gasteiger charge is -2.10. The SMILES string of the molecule is Nc1ncnc2c1c(-c1ccc(NC(=O)c3cccc(C(F)(F)F)c3)cc1)nn2[C@@H]1CCOC1. The second kappa shape index (κ2) is 8.41. The van der Waals surface area contributed by atoms with E-state index >= 15 is 0 Å². The molecule has 5 rings (SSSR count). The lowest BCUT2D eigenvalue weighted by atomic mass is 10.1. The number of anilines is 2. The molecule has 1 aliphatic heterocycles. The molecule has 8 nitrogen and oxygen atoms in total. The zero-order valence-electron chi connectivity index (χ0n) is 17.7. The number of alkyl halides is 3. The molecule has 2 aromatic carbocycles. The summed E-state index contributed by atoms with van der Waals surface area (Å²) in [6.07, 6.45) is -2.33. The van der Waals surface area contributed by atoms with Crippen molar-refractivity contribution in [2.45, 2.75) is 18.6 Å². The van der Waals surface area contributed by atoms with Gasteiger partial charge in [-0.1, -0.05) is 18.2 Å². The molecule has 0 radical (unpaired) electrons. The average Bonchev–Trinajstić information content (AvgIpc) is 3.48. The Kier molecular flexibility index (Phi) is 5.40. The quantitative estimate of drug-likeness (QED) is 0.462. The van der Waals surface area contributed by atoms with Crippen LogP contribution in [0.4, 0.5) is 24.7 Å². The summed E-state index contributed by atoms with van der Waals surface area (Å²) in [6, 6.07) is 11.1. The van der Waals surface area contributed by atoms with Crippen molar-refractivity contribution < 1.29 is 22.7 Å². The van der Waals surface area contributed by atoms with E-state index in [2.05, 4.69) is 15.3 Å². The van der Waals surface area contributed by atoms with E-state index in [-0.39, 0.29) is 11.6 Å². The molecule has 1 aliphatic rings. The number of fused-ring (bicyclic) bond motifs is 1. The molecule has 174 valence electrons. The van der Waals surface area contributed by atoms with Crippen LogP contribution in [0.15, 0.2) is 54.9 Å². The van der Waals surface area contributed by atoms with E-state index in [4.69, 9.17) is 15.6 Å². The van der Waals surface area contributed by atoms with Gasteiger partial charge in [0.1, 0.15) is 17.8 Å². The van der Waals surface area contributed by atoms with Crippen LogP contribution in [0.2, 0.25) is 0 Å². The Labute approximate surface area is 191 Å². The number of nitrogen functional groups attached to an aromatic ring is 1. The van der Waals surface area contributed by atoms with Crippen LogP contribution in [0, 0.1) is 0 Å². The summed E-state index contributed by atoms with van der Waals surface area (Å²) in [5, 5.41) is 7.97. The number of hydrogen-bond donors (Lipinski definition) is 2. The summed E-state index contributed by atoms with van der Waals surface area (Å²) >= 11 is 0. The number of amides is 1. The highest BCUT2D eigenvalue weighted by Gasteiger charge is 2.31. The van der Waals surface area contributed by atoms with Gasteiger partial charge in [-0.2, -0.15) is 18.3 Å². The standard InChI is InChI=1S/C23H19F3N6O2/c24-23(25,26)15-3-1-2-14(10-15)22(33)30-16-6-4-13(5-7-16)19-18-20(27)28-12-29-21(18)32(31-19)17-8-9-34-11-17/h1-7,10,12,17H,8-9,11H2,(H,30,33)(H2,27,28,29)/t17-/m1/s1. The Morgan fingerprint density at radius 1 is 1.15 bits per heavy atom. The predicted octanol–water partition coefficient (Wildman–Crippen LogP) is 4.31. The van der Waals surface area contributed by atoms with Crippen LogP contribution in [-0.2, 0) is 10.9 Å². The predicted molar refractivity (Wildman–Crippen MR) is 119 cm³/mol. The molecule has 0 unspecified atom stereocenters. The maximum Gasteiger partial charge on any atom is 0.416 e. The molecule has 3 heterocycles. The molecule has 0 aliphatic carbocycles. The number of nitrogens with two attached hydrogens (primary N) is 1. The smallest absolute Gasteiger partial charge is 0.383 e. The first-order chi connectivity index (χ1) is 16.3. The fourth-order valence-corrected chi connectivity index (χ4v) is 3.92. The fourth-order valence-electron chi connectivity index (χ4n) is 3.92. The maximum absolute atomic E-state index is 12.9. The first-order valence-corrected chi connectivity index (χ1v) is 10.5. The summed E-state index contributed by atoms with van der Waals surface area (Å²) in [5.41, 5.74) is 7.51. The lowest BCUT2D eigenvalue weighted by molar-refractivity contribution is -0.137. The maximum atomic E-state index is 12.9. The van der Waals surface area contributed by atoms with Gasteiger partial charge in [0.2, 0.25) is 0 Å². The van der Waals surface area contributed by atoms with Crippen LogP contribution in [0.5, 0.6) is 0 Å². The van der Waals surface area contributed by atoms with E-state index in [1.54, 1.807) is 28.9 Å². The zero-order valence-corrected chi connectivity index (χ0v) is 17.7. The van der Waals surface area contributed by atoms with E-state index in [1.165, 1.54) is 18.5 Å². The third kappa shape index (κ3) is 4.05. The van der Waals surface area contributed by atoms with Gasteiger partial charge >= 0.3 is 6.18 Å². The molecule has 1 amide bonds. The molecule has 1 saturated heterocycles. The van der Waals surface area contributed by atoms with Gasteiger partial charge in [0.15, 0.2) is 5.65 Å². The van der Waals surface area contributed by atoms with Gasteiger partial charge in [-0.3, -0.25) is 4.79 Å². The molecule has 0 saturated carbocycles. The number of aromatic nitrogens is 4. The van der Waals surface area contributed by atoms with E-state index < -0.39 is 17.6 Å². The number of nitrogens with zero attached hydrogens (tertiary/aromatic N) is 4. The number of hydrogen-bond acceptors (Lipinski definition) is 6. The second-order valence-electron chi connectivity index (χ2n) is 7.88. The van der Waals surface area contributed by atoms with Gasteiger partial charge in [-0.25, -0.2) is 14.6 Å². The molecule has 1 fully saturated rings. The molecule has 11 heteroatoms. The van der Waals surface area contributed by atoms with E-state index in [0.29, 0.717) is 41.4 Å². The summed E-state index contributed by atoms with van der Waals surface area (Å²) < 4.78 is 46.1. The van der Waals surface area contributed by atoms with Crippen molar-refractivity contribution in [3.63, 3.8) is 0 Å². The van der Waals surface area contributed by atoms with Crippen molar-refractivity contribution >= 4 is 28.4 Å². The van der Waals surface area contributed by atoms with Gasteiger partial charge < -0.3 is 15.8 Å². The molecule has 34 heavy (non-hydrogen) atoms. The van der Waals surface area contributed by atoms with Crippen LogP contribution in [0.1, 0.15) is 28.4 Å². The van der Waals surface area contributed by atoms with Gasteiger partial charge in [-0.05, 0) is 36.8 Å². The van der Waals surface area contributed by atoms with Crippen LogP contribution in [0.25, 0.3) is 22.3 Å². The third-order valence-electron chi connectivity index (χ3n) is 5.64. The Morgan fingerprint density at radius 3 is 2.65 bits per heavy atom. The molecule has 2 aromatic heterocycles. The number of halogens is 3. The molecule has 0 bridgehead atoms. The third-order valence-corrected chi connectivity index (χ3v) is 5.64. The van der Waals surface area contributed by atoms with Gasteiger partial charge in [0.25, 0.3) is 5.91 Å². The summed E-state index contributed by atoms with van der Waals surface area (Å²) in [4.78, 5) is 20.9. The van der Waals surface area contributed by atoms with Crippen LogP contribution in [0.3, 0.4) is 0 Å². The van der Waals surface area contributed by atoms with Crippen molar-refractivity contribution in [3.05, 3.63) is 66.0 Å². The first kappa shape index (κ1) is 21.8. The highest BCUT2D eigenvalue weighted by atomic mass is 19.4. The van der Waals surface area contributed by atoms with Crippen LogP contribution < -0.4 is 11.1 Å². The highest BCUT2D eigenvalue weighted by Crippen LogP contribution is 2.34. The lowest BCUT2D eigenvalue weighted by Crippen LogP contribution is -2.13. The van der Waals surface area contributed by atoms with Crippen molar-refractivity contribution in [3.8, 4) is 11.3 Å². The van der Waals surface area contributed by atoms with Crippen molar-refractivity contribution in [2.75, 3.05) is 24.3 Å². The second-order valence-corrected chi connectivity index (χ2v) is 7.88. The fraction of sp³-hybridized carbons (Fsp3) is 0.217. The van der Waals surface area contributed by atoms with Gasteiger partial charge in [-0.15, -0.1) is 0 Å². The Bertz CT molecular complexity index is 1360. The minimum atomic E-state index is -4.53. The van der Waals surface area contributed by atoms with Gasteiger partial charge in [0, 0.05) is 23.4 Å². The van der Waals surface area contributed by atoms with Crippen LogP contribution >= 0.6 is 0 Å². The molecule has 0 spiro atoms. The molecular weight excluding hydrogens is 449 g/mol.